The smallest absolute Gasteiger partial charge is 0.223 e. The van der Waals surface area contributed by atoms with Crippen LogP contribution in [-0.4, -0.2) is 107 Å². The third kappa shape index (κ3) is 6.46. The van der Waals surface area contributed by atoms with Gasteiger partial charge in [-0.1, -0.05) is 12.1 Å². The molecule has 210 valence electrons. The summed E-state index contributed by atoms with van der Waals surface area (Å²) >= 11 is 0. The van der Waals surface area contributed by atoms with Gasteiger partial charge < -0.3 is 10.2 Å². The van der Waals surface area contributed by atoms with Crippen molar-refractivity contribution in [1.29, 1.82) is 0 Å². The van der Waals surface area contributed by atoms with Crippen LogP contribution in [0, 0.1) is 13.8 Å². The van der Waals surface area contributed by atoms with Crippen LogP contribution >= 0.6 is 0 Å². The highest BCUT2D eigenvalue weighted by Crippen LogP contribution is 2.26. The minimum atomic E-state index is -3.42. The zero-order valence-corrected chi connectivity index (χ0v) is 23.8. The molecular weight excluding hydrogens is 519 g/mol. The number of aromatic nitrogens is 4. The van der Waals surface area contributed by atoms with Gasteiger partial charge in [0, 0.05) is 63.8 Å². The number of nitrogens with one attached hydrogen (secondary N) is 1. The van der Waals surface area contributed by atoms with E-state index < -0.39 is 22.2 Å². The van der Waals surface area contributed by atoms with Gasteiger partial charge in [-0.15, -0.1) is 0 Å². The molecule has 5 rings (SSSR count). The molecule has 0 bridgehead atoms. The second-order valence-electron chi connectivity index (χ2n) is 10.8. The van der Waals surface area contributed by atoms with Crippen LogP contribution < -0.4 is 5.32 Å². The maximum atomic E-state index is 14.8. The number of halogens is 1. The number of anilines is 1. The van der Waals surface area contributed by atoms with Gasteiger partial charge in [0.05, 0.1) is 29.9 Å². The minimum Gasteiger partial charge on any atom is -0.348 e. The molecule has 39 heavy (non-hydrogen) atoms. The maximum Gasteiger partial charge on any atom is 0.223 e. The first-order valence-corrected chi connectivity index (χ1v) is 15.2. The topological polar surface area (TPSA) is 99.5 Å². The number of alkyl halides is 1. The second kappa shape index (κ2) is 11.3. The average molecular weight is 557 g/mol. The average Bonchev–Trinajstić information content (AvgIpc) is 3.37. The zero-order chi connectivity index (χ0) is 27.7. The number of aryl methyl sites for hydroxylation is 2. The lowest BCUT2D eigenvalue weighted by molar-refractivity contribution is 0.148. The molecule has 0 amide bonds. The number of sulfonamides is 1. The summed E-state index contributed by atoms with van der Waals surface area (Å²) < 4.78 is 41.4. The van der Waals surface area contributed by atoms with Crippen LogP contribution in [0.3, 0.4) is 0 Å². The number of piperazine rings is 1. The van der Waals surface area contributed by atoms with E-state index in [-0.39, 0.29) is 13.1 Å². The number of benzene rings is 1. The van der Waals surface area contributed by atoms with E-state index in [0.29, 0.717) is 18.1 Å². The van der Waals surface area contributed by atoms with Crippen molar-refractivity contribution in [1.82, 2.24) is 33.9 Å². The molecule has 2 saturated heterocycles. The SMILES string of the molecule is Cc1cc(CN2CCN(C)CC2)ccc1-n1cc(-c2nc(N[C@H]3CCN(S(C)(=O)=O)C[C@H]3F)ncc2C)cn1. The third-order valence-electron chi connectivity index (χ3n) is 7.63. The van der Waals surface area contributed by atoms with Crippen molar-refractivity contribution in [2.75, 3.05) is 57.9 Å². The van der Waals surface area contributed by atoms with Crippen LogP contribution in [0.15, 0.2) is 36.8 Å². The lowest BCUT2D eigenvalue weighted by Crippen LogP contribution is -2.49. The monoisotopic (exact) mass is 556 g/mol. The number of rotatable bonds is 7. The maximum absolute atomic E-state index is 14.8. The van der Waals surface area contributed by atoms with E-state index in [2.05, 4.69) is 62.4 Å². The van der Waals surface area contributed by atoms with Gasteiger partial charge in [-0.05, 0) is 50.1 Å². The predicted octanol–water partition coefficient (Wildman–Crippen LogP) is 2.48. The number of hydrogen-bond donors (Lipinski definition) is 1. The van der Waals surface area contributed by atoms with Crippen LogP contribution in [0.25, 0.3) is 16.9 Å². The fourth-order valence-corrected chi connectivity index (χ4v) is 6.07. The van der Waals surface area contributed by atoms with E-state index in [0.717, 1.165) is 61.4 Å². The first-order chi connectivity index (χ1) is 18.6. The highest BCUT2D eigenvalue weighted by Gasteiger charge is 2.33. The van der Waals surface area contributed by atoms with E-state index >= 15 is 0 Å². The first kappa shape index (κ1) is 27.6. The molecule has 2 fully saturated rings. The summed E-state index contributed by atoms with van der Waals surface area (Å²) in [5.74, 6) is 0.313. The van der Waals surface area contributed by atoms with E-state index in [1.165, 1.54) is 9.87 Å². The normalized spacial score (nSPS) is 21.8. The van der Waals surface area contributed by atoms with Crippen molar-refractivity contribution < 1.29 is 12.8 Å². The Balaban J connectivity index is 1.28. The van der Waals surface area contributed by atoms with Crippen molar-refractivity contribution in [2.24, 2.45) is 0 Å². The summed E-state index contributed by atoms with van der Waals surface area (Å²) in [4.78, 5) is 13.9. The highest BCUT2D eigenvalue weighted by molar-refractivity contribution is 7.88. The summed E-state index contributed by atoms with van der Waals surface area (Å²) in [6.07, 6.45) is 5.52. The van der Waals surface area contributed by atoms with Crippen molar-refractivity contribution >= 4 is 16.0 Å². The molecule has 4 heterocycles. The van der Waals surface area contributed by atoms with E-state index in [9.17, 15) is 12.8 Å². The molecule has 2 aliphatic heterocycles. The molecule has 10 nitrogen and oxygen atoms in total. The van der Waals surface area contributed by atoms with Gasteiger partial charge in [-0.3, -0.25) is 4.90 Å². The van der Waals surface area contributed by atoms with Gasteiger partial charge in [0.2, 0.25) is 16.0 Å². The van der Waals surface area contributed by atoms with Gasteiger partial charge in [0.15, 0.2) is 0 Å². The van der Waals surface area contributed by atoms with Gasteiger partial charge >= 0.3 is 0 Å². The molecule has 0 aliphatic carbocycles. The molecule has 1 aromatic carbocycles. The van der Waals surface area contributed by atoms with Gasteiger partial charge in [-0.2, -0.15) is 9.40 Å². The minimum absolute atomic E-state index is 0.171. The van der Waals surface area contributed by atoms with E-state index in [1.54, 1.807) is 12.4 Å². The Morgan fingerprint density at radius 1 is 1.08 bits per heavy atom. The molecule has 3 aromatic rings. The van der Waals surface area contributed by atoms with Gasteiger partial charge in [-0.25, -0.2) is 27.5 Å². The molecule has 0 spiro atoms. The Labute approximate surface area is 229 Å². The fraction of sp³-hybridized carbons (Fsp3) is 0.519. The summed E-state index contributed by atoms with van der Waals surface area (Å²) in [6.45, 7) is 9.43. The van der Waals surface area contributed by atoms with Gasteiger partial charge in [0.1, 0.15) is 6.17 Å². The largest absolute Gasteiger partial charge is 0.348 e. The van der Waals surface area contributed by atoms with Crippen LogP contribution in [0.5, 0.6) is 0 Å². The zero-order valence-electron chi connectivity index (χ0n) is 23.0. The molecule has 1 N–H and O–H groups in total. The predicted molar refractivity (Wildman–Crippen MR) is 150 cm³/mol. The molecule has 2 aromatic heterocycles. The fourth-order valence-electron chi connectivity index (χ4n) is 5.22. The Morgan fingerprint density at radius 2 is 1.85 bits per heavy atom. The molecule has 2 atom stereocenters. The molecule has 0 saturated carbocycles. The highest BCUT2D eigenvalue weighted by atomic mass is 32.2. The first-order valence-electron chi connectivity index (χ1n) is 13.3. The van der Waals surface area contributed by atoms with Crippen LogP contribution in [-0.2, 0) is 16.6 Å². The molecule has 2 aliphatic rings. The van der Waals surface area contributed by atoms with E-state index in [4.69, 9.17) is 0 Å². The van der Waals surface area contributed by atoms with Crippen LogP contribution in [0.1, 0.15) is 23.1 Å². The molecule has 0 radical (unpaired) electrons. The number of nitrogens with zero attached hydrogens (tertiary/aromatic N) is 7. The Kier molecular flexibility index (Phi) is 7.99. The van der Waals surface area contributed by atoms with Crippen molar-refractivity contribution in [3.05, 3.63) is 53.5 Å². The Morgan fingerprint density at radius 3 is 2.54 bits per heavy atom. The summed E-state index contributed by atoms with van der Waals surface area (Å²) in [5.41, 5.74) is 5.88. The number of likely N-dealkylation sites (N-methyl/N-ethyl adjacent to an activating group) is 1. The quantitative estimate of drug-likeness (QED) is 0.474. The van der Waals surface area contributed by atoms with Gasteiger partial charge in [0.25, 0.3) is 0 Å². The number of hydrogen-bond acceptors (Lipinski definition) is 8. The Hall–Kier alpha value is -2.93. The standard InChI is InChI=1S/C27H37FN8O2S/c1-19-13-21(16-34-11-9-33(3)10-12-34)5-6-25(19)36-17-22(15-30-36)26-20(2)14-29-27(32-26)31-24-7-8-35(18-23(24)28)39(4,37)38/h5-6,13-15,17,23-24H,7-12,16,18H2,1-4H3,(H,29,31,32)/t23-,24+/m1/s1. The molecule has 0 unspecified atom stereocenters. The van der Waals surface area contributed by atoms with E-state index in [1.807, 2.05) is 17.8 Å². The molecule has 12 heteroatoms. The Bertz CT molecular complexity index is 1420. The summed E-state index contributed by atoms with van der Waals surface area (Å²) in [6, 6.07) is 5.95. The van der Waals surface area contributed by atoms with Crippen LogP contribution in [0.4, 0.5) is 10.3 Å². The van der Waals surface area contributed by atoms with Crippen molar-refractivity contribution in [2.45, 2.75) is 39.0 Å². The summed E-state index contributed by atoms with van der Waals surface area (Å²) in [7, 11) is -1.25. The van der Waals surface area contributed by atoms with Crippen molar-refractivity contribution in [3.63, 3.8) is 0 Å². The lowest BCUT2D eigenvalue weighted by atomic mass is 10.1. The lowest BCUT2D eigenvalue weighted by Gasteiger charge is -2.33. The summed E-state index contributed by atoms with van der Waals surface area (Å²) in [5, 5.41) is 7.68. The number of piperidine rings is 1. The third-order valence-corrected chi connectivity index (χ3v) is 8.90. The van der Waals surface area contributed by atoms with Crippen LogP contribution in [0.2, 0.25) is 0 Å². The van der Waals surface area contributed by atoms with Crippen molar-refractivity contribution in [3.8, 4) is 16.9 Å². The second-order valence-corrected chi connectivity index (χ2v) is 12.8. The molecular formula is C27H37FN8O2S.